The molecule has 1 rings (SSSR count). The van der Waals surface area contributed by atoms with Gasteiger partial charge in [0.2, 0.25) is 0 Å². The van der Waals surface area contributed by atoms with E-state index < -0.39 is 11.9 Å². The summed E-state index contributed by atoms with van der Waals surface area (Å²) in [6.45, 7) is 5.25. The summed E-state index contributed by atoms with van der Waals surface area (Å²) >= 11 is 0. The molecule has 0 aliphatic carbocycles. The molecule has 0 saturated carbocycles. The maximum atomic E-state index is 12.7. The first kappa shape index (κ1) is 16.0. The predicted molar refractivity (Wildman–Crippen MR) is 65.6 cm³/mol. The number of nitrogens with zero attached hydrogens (tertiary/aromatic N) is 2. The lowest BCUT2D eigenvalue weighted by Crippen LogP contribution is -2.19. The van der Waals surface area contributed by atoms with E-state index in [1.165, 1.54) is 17.9 Å². The molecule has 0 aliphatic rings. The number of nitrogens with one attached hydrogen (secondary N) is 1. The molecule has 1 heterocycles. The van der Waals surface area contributed by atoms with Gasteiger partial charge in [-0.3, -0.25) is 4.68 Å². The highest BCUT2D eigenvalue weighted by molar-refractivity contribution is 5.19. The van der Waals surface area contributed by atoms with Crippen LogP contribution in [0.25, 0.3) is 0 Å². The molecule has 0 radical (unpaired) electrons. The Balaban J connectivity index is 2.37. The number of alkyl halides is 3. The summed E-state index contributed by atoms with van der Waals surface area (Å²) in [5, 5.41) is 6.42. The van der Waals surface area contributed by atoms with Gasteiger partial charge in [0.1, 0.15) is 0 Å². The molecule has 0 atom stereocenters. The maximum Gasteiger partial charge on any atom is 0.435 e. The number of rotatable bonds is 7. The second kappa shape index (κ2) is 6.91. The molecule has 1 aromatic heterocycles. The Kier molecular flexibility index (Phi) is 5.81. The van der Waals surface area contributed by atoms with Gasteiger partial charge in [-0.25, -0.2) is 0 Å². The van der Waals surface area contributed by atoms with Crippen molar-refractivity contribution >= 4 is 0 Å². The molecular formula is C12H20F3N3O. The van der Waals surface area contributed by atoms with Crippen LogP contribution in [0, 0.1) is 0 Å². The molecule has 0 fully saturated rings. The number of ether oxygens (including phenoxy) is 1. The fraction of sp³-hybridized carbons (Fsp3) is 0.750. The SMILES string of the molecule is CC(C)OCCCNCc1cn(C)nc1C(F)(F)F. The van der Waals surface area contributed by atoms with Crippen molar-refractivity contribution in [2.45, 2.75) is 39.1 Å². The van der Waals surface area contributed by atoms with Crippen molar-refractivity contribution in [3.8, 4) is 0 Å². The summed E-state index contributed by atoms with van der Waals surface area (Å²) in [6.07, 6.45) is -2.07. The van der Waals surface area contributed by atoms with Crippen LogP contribution in [0.3, 0.4) is 0 Å². The summed E-state index contributed by atoms with van der Waals surface area (Å²) in [6, 6.07) is 0. The minimum absolute atomic E-state index is 0.157. The number of aromatic nitrogens is 2. The lowest BCUT2D eigenvalue weighted by Gasteiger charge is -2.09. The van der Waals surface area contributed by atoms with Crippen molar-refractivity contribution < 1.29 is 17.9 Å². The molecule has 1 N–H and O–H groups in total. The second-order valence-corrected chi connectivity index (χ2v) is 4.62. The zero-order valence-electron chi connectivity index (χ0n) is 11.4. The Morgan fingerprint density at radius 2 is 2.11 bits per heavy atom. The first-order chi connectivity index (χ1) is 8.80. The fourth-order valence-corrected chi connectivity index (χ4v) is 1.64. The molecule has 0 bridgehead atoms. The van der Waals surface area contributed by atoms with Gasteiger partial charge in [0.05, 0.1) is 6.10 Å². The minimum Gasteiger partial charge on any atom is -0.379 e. The molecule has 0 saturated heterocycles. The Bertz CT molecular complexity index is 388. The number of halogens is 3. The number of hydrogen-bond donors (Lipinski definition) is 1. The molecular weight excluding hydrogens is 259 g/mol. The van der Waals surface area contributed by atoms with E-state index in [0.29, 0.717) is 13.2 Å². The first-order valence-corrected chi connectivity index (χ1v) is 6.22. The summed E-state index contributed by atoms with van der Waals surface area (Å²) in [5.41, 5.74) is -0.652. The maximum absolute atomic E-state index is 12.7. The van der Waals surface area contributed by atoms with E-state index in [1.807, 2.05) is 13.8 Å². The molecule has 110 valence electrons. The van der Waals surface area contributed by atoms with E-state index in [0.717, 1.165) is 6.42 Å². The molecule has 0 aliphatic heterocycles. The van der Waals surface area contributed by atoms with Crippen molar-refractivity contribution in [3.63, 3.8) is 0 Å². The zero-order chi connectivity index (χ0) is 14.5. The number of aryl methyl sites for hydroxylation is 1. The fourth-order valence-electron chi connectivity index (χ4n) is 1.64. The average molecular weight is 279 g/mol. The largest absolute Gasteiger partial charge is 0.435 e. The molecule has 1 aromatic rings. The molecule has 0 aromatic carbocycles. The van der Waals surface area contributed by atoms with E-state index >= 15 is 0 Å². The van der Waals surface area contributed by atoms with Gasteiger partial charge in [0.25, 0.3) is 0 Å². The molecule has 7 heteroatoms. The van der Waals surface area contributed by atoms with Crippen LogP contribution in [0.1, 0.15) is 31.5 Å². The van der Waals surface area contributed by atoms with Gasteiger partial charge in [0, 0.05) is 32.0 Å². The molecule has 4 nitrogen and oxygen atoms in total. The van der Waals surface area contributed by atoms with Crippen LogP contribution in [0.5, 0.6) is 0 Å². The summed E-state index contributed by atoms with van der Waals surface area (Å²) in [4.78, 5) is 0. The molecule has 19 heavy (non-hydrogen) atoms. The van der Waals surface area contributed by atoms with Crippen LogP contribution in [-0.2, 0) is 24.5 Å². The van der Waals surface area contributed by atoms with Gasteiger partial charge < -0.3 is 10.1 Å². The van der Waals surface area contributed by atoms with Crippen molar-refractivity contribution in [1.82, 2.24) is 15.1 Å². The third-order valence-corrected chi connectivity index (χ3v) is 2.44. The zero-order valence-corrected chi connectivity index (χ0v) is 11.4. The highest BCUT2D eigenvalue weighted by Crippen LogP contribution is 2.30. The average Bonchev–Trinajstić information content (AvgIpc) is 2.64. The van der Waals surface area contributed by atoms with E-state index in [9.17, 15) is 13.2 Å². The lowest BCUT2D eigenvalue weighted by molar-refractivity contribution is -0.142. The van der Waals surface area contributed by atoms with E-state index in [4.69, 9.17) is 4.74 Å². The lowest BCUT2D eigenvalue weighted by atomic mass is 10.2. The van der Waals surface area contributed by atoms with Crippen molar-refractivity contribution in [2.75, 3.05) is 13.2 Å². The predicted octanol–water partition coefficient (Wildman–Crippen LogP) is 2.34. The third-order valence-electron chi connectivity index (χ3n) is 2.44. The summed E-state index contributed by atoms with van der Waals surface area (Å²) in [7, 11) is 1.48. The van der Waals surface area contributed by atoms with Crippen LogP contribution < -0.4 is 5.32 Å². The quantitative estimate of drug-likeness (QED) is 0.779. The van der Waals surface area contributed by atoms with Crippen LogP contribution >= 0.6 is 0 Å². The van der Waals surface area contributed by atoms with Gasteiger partial charge in [-0.05, 0) is 26.8 Å². The van der Waals surface area contributed by atoms with Gasteiger partial charge in [0.15, 0.2) is 5.69 Å². The molecule has 0 spiro atoms. The smallest absolute Gasteiger partial charge is 0.379 e. The Hall–Kier alpha value is -1.08. The Morgan fingerprint density at radius 3 is 2.68 bits per heavy atom. The van der Waals surface area contributed by atoms with E-state index in [-0.39, 0.29) is 18.2 Å². The minimum atomic E-state index is -4.40. The second-order valence-electron chi connectivity index (χ2n) is 4.62. The van der Waals surface area contributed by atoms with Gasteiger partial charge in [-0.15, -0.1) is 0 Å². The van der Waals surface area contributed by atoms with E-state index in [1.54, 1.807) is 0 Å². The van der Waals surface area contributed by atoms with Crippen molar-refractivity contribution in [2.24, 2.45) is 7.05 Å². The van der Waals surface area contributed by atoms with Crippen LogP contribution in [0.4, 0.5) is 13.2 Å². The molecule has 0 amide bonds. The van der Waals surface area contributed by atoms with Gasteiger partial charge in [-0.1, -0.05) is 0 Å². The highest BCUT2D eigenvalue weighted by atomic mass is 19.4. The molecule has 0 unspecified atom stereocenters. The monoisotopic (exact) mass is 279 g/mol. The third kappa shape index (κ3) is 5.61. The number of hydrogen-bond acceptors (Lipinski definition) is 3. The Labute approximate surface area is 110 Å². The van der Waals surface area contributed by atoms with E-state index in [2.05, 4.69) is 10.4 Å². The van der Waals surface area contributed by atoms with Gasteiger partial charge in [-0.2, -0.15) is 18.3 Å². The highest BCUT2D eigenvalue weighted by Gasteiger charge is 2.36. The van der Waals surface area contributed by atoms with Crippen LogP contribution in [0.15, 0.2) is 6.20 Å². The standard InChI is InChI=1S/C12H20F3N3O/c1-9(2)19-6-4-5-16-7-10-8-18(3)17-11(10)12(13,14)15/h8-9,16H,4-7H2,1-3H3. The summed E-state index contributed by atoms with van der Waals surface area (Å²) in [5.74, 6) is 0. The van der Waals surface area contributed by atoms with Crippen LogP contribution in [0.2, 0.25) is 0 Å². The topological polar surface area (TPSA) is 39.1 Å². The normalized spacial score (nSPS) is 12.4. The van der Waals surface area contributed by atoms with Gasteiger partial charge >= 0.3 is 6.18 Å². The van der Waals surface area contributed by atoms with Crippen LogP contribution in [-0.4, -0.2) is 29.0 Å². The van der Waals surface area contributed by atoms with Crippen molar-refractivity contribution in [1.29, 1.82) is 0 Å². The first-order valence-electron chi connectivity index (χ1n) is 6.22. The summed E-state index contributed by atoms with van der Waals surface area (Å²) < 4.78 is 44.5. The van der Waals surface area contributed by atoms with Crippen molar-refractivity contribution in [3.05, 3.63) is 17.5 Å². The Morgan fingerprint density at radius 1 is 1.42 bits per heavy atom.